The SMILES string of the molecule is CN(N=O)C(N)=O.O=C(O)C1CCCC1. The number of primary amides is 1. The number of hydrogen-bond donors (Lipinski definition) is 2. The summed E-state index contributed by atoms with van der Waals surface area (Å²) in [6.45, 7) is 0. The number of aliphatic carboxylic acids is 1. The maximum absolute atomic E-state index is 10.2. The molecule has 0 aromatic heterocycles. The molecular weight excluding hydrogens is 202 g/mol. The standard InChI is InChI=1S/C6H10O2.C2H5N3O2/c7-6(8)5-3-1-2-4-5;1-5(4-7)2(3)6/h5H,1-4H2,(H,7,8);1H3,(H2,3,6). The van der Waals surface area contributed by atoms with Crippen LogP contribution in [0.5, 0.6) is 0 Å². The molecule has 3 N–H and O–H groups in total. The second-order valence-corrected chi connectivity index (χ2v) is 3.26. The van der Waals surface area contributed by atoms with Gasteiger partial charge in [0.25, 0.3) is 0 Å². The number of rotatable bonds is 2. The monoisotopic (exact) mass is 217 g/mol. The Kier molecular flexibility index (Phi) is 6.00. The number of urea groups is 1. The zero-order valence-corrected chi connectivity index (χ0v) is 8.55. The van der Waals surface area contributed by atoms with Gasteiger partial charge in [0.1, 0.15) is 0 Å². The lowest BCUT2D eigenvalue weighted by Gasteiger charge is -1.97. The third-order valence-corrected chi connectivity index (χ3v) is 2.15. The Bertz CT molecular complexity index is 238. The highest BCUT2D eigenvalue weighted by Crippen LogP contribution is 2.24. The van der Waals surface area contributed by atoms with E-state index in [-0.39, 0.29) is 5.92 Å². The van der Waals surface area contributed by atoms with Gasteiger partial charge in [-0.15, -0.1) is 4.91 Å². The highest BCUT2D eigenvalue weighted by Gasteiger charge is 2.20. The quantitative estimate of drug-likeness (QED) is 0.529. The predicted molar refractivity (Wildman–Crippen MR) is 52.7 cm³/mol. The third kappa shape index (κ3) is 5.61. The lowest BCUT2D eigenvalue weighted by molar-refractivity contribution is -0.141. The molecule has 0 spiro atoms. The van der Waals surface area contributed by atoms with Crippen molar-refractivity contribution in [3.63, 3.8) is 0 Å². The van der Waals surface area contributed by atoms with Gasteiger partial charge in [0.15, 0.2) is 0 Å². The van der Waals surface area contributed by atoms with Crippen LogP contribution in [0.3, 0.4) is 0 Å². The molecule has 86 valence electrons. The molecule has 0 aliphatic heterocycles. The second kappa shape index (κ2) is 6.74. The number of hydrogen-bond acceptors (Lipinski definition) is 4. The molecule has 0 unspecified atom stereocenters. The van der Waals surface area contributed by atoms with Crippen LogP contribution in [0.15, 0.2) is 5.29 Å². The first-order valence-corrected chi connectivity index (χ1v) is 4.58. The van der Waals surface area contributed by atoms with Crippen LogP contribution in [0.4, 0.5) is 4.79 Å². The number of carbonyl (C=O) groups excluding carboxylic acids is 1. The van der Waals surface area contributed by atoms with Gasteiger partial charge in [-0.25, -0.2) is 4.79 Å². The number of nitrogens with two attached hydrogens (primary N) is 1. The van der Waals surface area contributed by atoms with E-state index in [0.29, 0.717) is 5.01 Å². The molecule has 0 aromatic carbocycles. The zero-order chi connectivity index (χ0) is 11.8. The van der Waals surface area contributed by atoms with Crippen LogP contribution >= 0.6 is 0 Å². The van der Waals surface area contributed by atoms with Crippen molar-refractivity contribution in [1.29, 1.82) is 0 Å². The van der Waals surface area contributed by atoms with Crippen LogP contribution in [0, 0.1) is 10.8 Å². The van der Waals surface area contributed by atoms with Crippen molar-refractivity contribution in [3.05, 3.63) is 4.91 Å². The molecule has 0 heterocycles. The van der Waals surface area contributed by atoms with Crippen molar-refractivity contribution >= 4 is 12.0 Å². The van der Waals surface area contributed by atoms with E-state index in [1.165, 1.54) is 7.05 Å². The van der Waals surface area contributed by atoms with Gasteiger partial charge in [-0.05, 0) is 12.8 Å². The number of amides is 2. The first-order valence-electron chi connectivity index (χ1n) is 4.58. The average molecular weight is 217 g/mol. The van der Waals surface area contributed by atoms with Crippen molar-refractivity contribution in [1.82, 2.24) is 5.01 Å². The Balaban J connectivity index is 0.000000265. The minimum Gasteiger partial charge on any atom is -0.481 e. The molecule has 0 atom stereocenters. The summed E-state index contributed by atoms with van der Waals surface area (Å²) in [5, 5.41) is 11.1. The molecular formula is C8H15N3O4. The highest BCUT2D eigenvalue weighted by atomic mass is 16.4. The average Bonchev–Trinajstić information content (AvgIpc) is 2.70. The van der Waals surface area contributed by atoms with Crippen molar-refractivity contribution in [2.24, 2.45) is 16.9 Å². The molecule has 0 saturated heterocycles. The molecule has 1 aliphatic rings. The summed E-state index contributed by atoms with van der Waals surface area (Å²) in [5.41, 5.74) is 4.54. The largest absolute Gasteiger partial charge is 0.481 e. The van der Waals surface area contributed by atoms with E-state index < -0.39 is 12.0 Å². The Hall–Kier alpha value is -1.66. The molecule has 0 aromatic rings. The number of carboxylic acids is 1. The van der Waals surface area contributed by atoms with Gasteiger partial charge in [-0.2, -0.15) is 5.01 Å². The van der Waals surface area contributed by atoms with Crippen LogP contribution in [-0.4, -0.2) is 29.2 Å². The van der Waals surface area contributed by atoms with E-state index >= 15 is 0 Å². The van der Waals surface area contributed by atoms with E-state index in [1.54, 1.807) is 0 Å². The normalized spacial score (nSPS) is 15.0. The van der Waals surface area contributed by atoms with E-state index in [0.717, 1.165) is 25.7 Å². The Morgan fingerprint density at radius 3 is 2.00 bits per heavy atom. The van der Waals surface area contributed by atoms with E-state index in [4.69, 9.17) is 5.11 Å². The summed E-state index contributed by atoms with van der Waals surface area (Å²) >= 11 is 0. The van der Waals surface area contributed by atoms with Gasteiger partial charge in [0.05, 0.1) is 11.2 Å². The predicted octanol–water partition coefficient (Wildman–Crippen LogP) is 0.939. The maximum Gasteiger partial charge on any atom is 0.337 e. The third-order valence-electron chi connectivity index (χ3n) is 2.15. The molecule has 0 radical (unpaired) electrons. The summed E-state index contributed by atoms with van der Waals surface area (Å²) in [6.07, 6.45) is 4.01. The van der Waals surface area contributed by atoms with Gasteiger partial charge < -0.3 is 10.8 Å². The first kappa shape index (κ1) is 13.3. The minimum absolute atomic E-state index is 0.0185. The number of nitrogens with zero attached hydrogens (tertiary/aromatic N) is 2. The summed E-state index contributed by atoms with van der Waals surface area (Å²) in [7, 11) is 1.18. The van der Waals surface area contributed by atoms with Crippen LogP contribution in [0.1, 0.15) is 25.7 Å². The molecule has 1 aliphatic carbocycles. The molecule has 2 amide bonds. The van der Waals surface area contributed by atoms with Crippen LogP contribution in [-0.2, 0) is 4.79 Å². The summed E-state index contributed by atoms with van der Waals surface area (Å²) in [4.78, 5) is 29.3. The minimum atomic E-state index is -0.852. The van der Waals surface area contributed by atoms with Crippen molar-refractivity contribution in [3.8, 4) is 0 Å². The fourth-order valence-corrected chi connectivity index (χ4v) is 1.21. The molecule has 1 saturated carbocycles. The smallest absolute Gasteiger partial charge is 0.337 e. The maximum atomic E-state index is 10.2. The lowest BCUT2D eigenvalue weighted by Crippen LogP contribution is -2.26. The Morgan fingerprint density at radius 1 is 1.40 bits per heavy atom. The highest BCUT2D eigenvalue weighted by molar-refractivity contribution is 5.71. The summed E-state index contributed by atoms with van der Waals surface area (Å²) in [5.74, 6) is -0.627. The topological polar surface area (TPSA) is 113 Å². The number of nitroso groups, excluding NO2 is 1. The lowest BCUT2D eigenvalue weighted by atomic mass is 10.1. The van der Waals surface area contributed by atoms with Gasteiger partial charge in [0.2, 0.25) is 0 Å². The first-order chi connectivity index (χ1) is 6.99. The fraction of sp³-hybridized carbons (Fsp3) is 0.750. The van der Waals surface area contributed by atoms with Crippen molar-refractivity contribution in [2.45, 2.75) is 25.7 Å². The van der Waals surface area contributed by atoms with Gasteiger partial charge >= 0.3 is 12.0 Å². The van der Waals surface area contributed by atoms with Crippen LogP contribution < -0.4 is 5.73 Å². The molecule has 7 nitrogen and oxygen atoms in total. The number of carboxylic acid groups (broad SMARTS) is 1. The van der Waals surface area contributed by atoms with E-state index in [1.807, 2.05) is 0 Å². The van der Waals surface area contributed by atoms with E-state index in [2.05, 4.69) is 11.0 Å². The number of carbonyl (C=O) groups is 2. The van der Waals surface area contributed by atoms with Gasteiger partial charge in [-0.1, -0.05) is 12.8 Å². The van der Waals surface area contributed by atoms with Crippen LogP contribution in [0.2, 0.25) is 0 Å². The molecule has 15 heavy (non-hydrogen) atoms. The fourth-order valence-electron chi connectivity index (χ4n) is 1.21. The van der Waals surface area contributed by atoms with Crippen LogP contribution in [0.25, 0.3) is 0 Å². The van der Waals surface area contributed by atoms with E-state index in [9.17, 15) is 14.5 Å². The van der Waals surface area contributed by atoms with Gasteiger partial charge in [-0.3, -0.25) is 4.79 Å². The molecule has 1 rings (SSSR count). The molecule has 7 heteroatoms. The van der Waals surface area contributed by atoms with Crippen molar-refractivity contribution < 1.29 is 14.7 Å². The van der Waals surface area contributed by atoms with Gasteiger partial charge in [0, 0.05) is 7.05 Å². The zero-order valence-electron chi connectivity index (χ0n) is 8.55. The Morgan fingerprint density at radius 2 is 1.87 bits per heavy atom. The summed E-state index contributed by atoms with van der Waals surface area (Å²) in [6, 6.07) is -0.852. The summed E-state index contributed by atoms with van der Waals surface area (Å²) < 4.78 is 0. The second-order valence-electron chi connectivity index (χ2n) is 3.26. The Labute approximate surface area is 87.2 Å². The molecule has 0 bridgehead atoms. The van der Waals surface area contributed by atoms with Crippen molar-refractivity contribution in [2.75, 3.05) is 7.05 Å². The molecule has 1 fully saturated rings.